The van der Waals surface area contributed by atoms with Crippen molar-refractivity contribution in [1.82, 2.24) is 0 Å². The highest BCUT2D eigenvalue weighted by atomic mass is 79.9. The Bertz CT molecular complexity index is 569. The average Bonchev–Trinajstić information content (AvgIpc) is 2.42. The van der Waals surface area contributed by atoms with Crippen LogP contribution < -0.4 is 10.6 Å². The summed E-state index contributed by atoms with van der Waals surface area (Å²) in [7, 11) is 2.06. The van der Waals surface area contributed by atoms with Crippen molar-refractivity contribution in [3.05, 3.63) is 63.1 Å². The lowest BCUT2D eigenvalue weighted by Crippen LogP contribution is -2.19. The summed E-state index contributed by atoms with van der Waals surface area (Å²) in [5.74, 6) is 0. The molecule has 0 amide bonds. The summed E-state index contributed by atoms with van der Waals surface area (Å²) >= 11 is 9.81. The zero-order chi connectivity index (χ0) is 14.5. The van der Waals surface area contributed by atoms with Crippen molar-refractivity contribution in [1.29, 1.82) is 0 Å². The summed E-state index contributed by atoms with van der Waals surface area (Å²) in [5, 5.41) is 0.774. The van der Waals surface area contributed by atoms with Gasteiger partial charge in [0.1, 0.15) is 0 Å². The standard InChI is InChI=1S/C16H18BrClN2/c1-20(11-12-5-7-14(17)8-6-12)16-13(9-10-19)3-2-4-15(16)18/h2-8H,9-11,19H2,1H3. The van der Waals surface area contributed by atoms with Gasteiger partial charge in [-0.25, -0.2) is 0 Å². The minimum absolute atomic E-state index is 0.624. The normalized spacial score (nSPS) is 10.6. The van der Waals surface area contributed by atoms with Gasteiger partial charge in [0, 0.05) is 18.1 Å². The summed E-state index contributed by atoms with van der Waals surface area (Å²) in [6.45, 7) is 1.44. The van der Waals surface area contributed by atoms with Crippen LogP contribution in [0.25, 0.3) is 0 Å². The predicted octanol–water partition coefficient (Wildman–Crippen LogP) is 4.24. The van der Waals surface area contributed by atoms with E-state index in [9.17, 15) is 0 Å². The first-order chi connectivity index (χ1) is 9.61. The Morgan fingerprint density at radius 2 is 1.85 bits per heavy atom. The molecule has 0 aliphatic carbocycles. The van der Waals surface area contributed by atoms with Gasteiger partial charge in [-0.05, 0) is 42.3 Å². The summed E-state index contributed by atoms with van der Waals surface area (Å²) in [6.07, 6.45) is 0.834. The highest BCUT2D eigenvalue weighted by molar-refractivity contribution is 9.10. The van der Waals surface area contributed by atoms with Crippen molar-refractivity contribution in [3.8, 4) is 0 Å². The third kappa shape index (κ3) is 3.75. The number of nitrogens with two attached hydrogens (primary N) is 1. The fraction of sp³-hybridized carbons (Fsp3) is 0.250. The number of hydrogen-bond donors (Lipinski definition) is 1. The van der Waals surface area contributed by atoms with Gasteiger partial charge in [-0.3, -0.25) is 0 Å². The lowest BCUT2D eigenvalue weighted by Gasteiger charge is -2.24. The number of para-hydroxylation sites is 1. The lowest BCUT2D eigenvalue weighted by molar-refractivity contribution is 0.892. The molecular formula is C16H18BrClN2. The molecule has 106 valence electrons. The van der Waals surface area contributed by atoms with Crippen molar-refractivity contribution in [3.63, 3.8) is 0 Å². The van der Waals surface area contributed by atoms with Crippen LogP contribution in [0.1, 0.15) is 11.1 Å². The second kappa shape index (κ2) is 7.11. The highest BCUT2D eigenvalue weighted by Gasteiger charge is 2.11. The molecule has 2 rings (SSSR count). The molecule has 0 aliphatic rings. The van der Waals surface area contributed by atoms with Gasteiger partial charge in [-0.15, -0.1) is 0 Å². The molecule has 0 heterocycles. The molecule has 0 bridgehead atoms. The minimum Gasteiger partial charge on any atom is -0.369 e. The van der Waals surface area contributed by atoms with E-state index < -0.39 is 0 Å². The van der Waals surface area contributed by atoms with Crippen molar-refractivity contribution < 1.29 is 0 Å². The Kier molecular flexibility index (Phi) is 5.46. The van der Waals surface area contributed by atoms with Gasteiger partial charge >= 0.3 is 0 Å². The minimum atomic E-state index is 0.624. The number of rotatable bonds is 5. The summed E-state index contributed by atoms with van der Waals surface area (Å²) in [6, 6.07) is 14.3. The van der Waals surface area contributed by atoms with Crippen molar-refractivity contribution in [2.75, 3.05) is 18.5 Å². The zero-order valence-corrected chi connectivity index (χ0v) is 13.8. The Morgan fingerprint density at radius 3 is 2.50 bits per heavy atom. The molecule has 0 aromatic heterocycles. The zero-order valence-electron chi connectivity index (χ0n) is 11.4. The first-order valence-corrected chi connectivity index (χ1v) is 7.72. The fourth-order valence-electron chi connectivity index (χ4n) is 2.29. The Balaban J connectivity index is 2.24. The molecular weight excluding hydrogens is 336 g/mol. The van der Waals surface area contributed by atoms with E-state index in [0.29, 0.717) is 6.54 Å². The topological polar surface area (TPSA) is 29.3 Å². The number of benzene rings is 2. The molecule has 2 aromatic rings. The molecule has 4 heteroatoms. The molecule has 0 fully saturated rings. The molecule has 0 saturated carbocycles. The maximum Gasteiger partial charge on any atom is 0.0642 e. The summed E-state index contributed by atoms with van der Waals surface area (Å²) < 4.78 is 1.09. The van der Waals surface area contributed by atoms with Gasteiger partial charge in [-0.2, -0.15) is 0 Å². The van der Waals surface area contributed by atoms with E-state index >= 15 is 0 Å². The van der Waals surface area contributed by atoms with E-state index in [-0.39, 0.29) is 0 Å². The van der Waals surface area contributed by atoms with Crippen LogP contribution in [0.5, 0.6) is 0 Å². The molecule has 0 atom stereocenters. The maximum absolute atomic E-state index is 6.36. The predicted molar refractivity (Wildman–Crippen MR) is 90.5 cm³/mol. The van der Waals surface area contributed by atoms with Gasteiger partial charge in [0.2, 0.25) is 0 Å². The number of nitrogens with zero attached hydrogens (tertiary/aromatic N) is 1. The third-order valence-corrected chi connectivity index (χ3v) is 4.03. The van der Waals surface area contributed by atoms with E-state index in [4.69, 9.17) is 17.3 Å². The smallest absolute Gasteiger partial charge is 0.0642 e. The first kappa shape index (κ1) is 15.4. The van der Waals surface area contributed by atoms with Crippen molar-refractivity contribution >= 4 is 33.2 Å². The summed E-state index contributed by atoms with van der Waals surface area (Å²) in [4.78, 5) is 2.18. The van der Waals surface area contributed by atoms with Crippen LogP contribution in [0.4, 0.5) is 5.69 Å². The van der Waals surface area contributed by atoms with Gasteiger partial charge < -0.3 is 10.6 Å². The van der Waals surface area contributed by atoms with Crippen LogP contribution in [-0.2, 0) is 13.0 Å². The molecule has 20 heavy (non-hydrogen) atoms. The molecule has 0 aliphatic heterocycles. The SMILES string of the molecule is CN(Cc1ccc(Br)cc1)c1c(Cl)cccc1CCN. The van der Waals surface area contributed by atoms with Crippen LogP contribution in [0.2, 0.25) is 5.02 Å². The van der Waals surface area contributed by atoms with Gasteiger partial charge in [-0.1, -0.05) is 51.8 Å². The van der Waals surface area contributed by atoms with Crippen LogP contribution in [0, 0.1) is 0 Å². The first-order valence-electron chi connectivity index (χ1n) is 6.55. The highest BCUT2D eigenvalue weighted by Crippen LogP contribution is 2.30. The van der Waals surface area contributed by atoms with Gasteiger partial charge in [0.25, 0.3) is 0 Å². The number of hydrogen-bond acceptors (Lipinski definition) is 2. The van der Waals surface area contributed by atoms with E-state index in [0.717, 1.165) is 28.1 Å². The Hall–Kier alpha value is -1.03. The summed E-state index contributed by atoms with van der Waals surface area (Å²) in [5.41, 5.74) is 9.19. The van der Waals surface area contributed by atoms with Crippen molar-refractivity contribution in [2.45, 2.75) is 13.0 Å². The number of halogens is 2. The van der Waals surface area contributed by atoms with Gasteiger partial charge in [0.05, 0.1) is 10.7 Å². The molecule has 0 spiro atoms. The van der Waals surface area contributed by atoms with Crippen LogP contribution in [0.3, 0.4) is 0 Å². The third-order valence-electron chi connectivity index (χ3n) is 3.20. The molecule has 0 unspecified atom stereocenters. The van der Waals surface area contributed by atoms with Crippen molar-refractivity contribution in [2.24, 2.45) is 5.73 Å². The quantitative estimate of drug-likeness (QED) is 0.871. The monoisotopic (exact) mass is 352 g/mol. The van der Waals surface area contributed by atoms with E-state index in [1.165, 1.54) is 11.1 Å². The molecule has 2 nitrogen and oxygen atoms in total. The second-order valence-corrected chi connectivity index (χ2v) is 6.09. The largest absolute Gasteiger partial charge is 0.369 e. The van der Waals surface area contributed by atoms with Crippen LogP contribution >= 0.6 is 27.5 Å². The Morgan fingerprint density at radius 1 is 1.15 bits per heavy atom. The molecule has 2 N–H and O–H groups in total. The maximum atomic E-state index is 6.36. The van der Waals surface area contributed by atoms with E-state index in [1.54, 1.807) is 0 Å². The average molecular weight is 354 g/mol. The second-order valence-electron chi connectivity index (χ2n) is 4.77. The van der Waals surface area contributed by atoms with Crippen LogP contribution in [0.15, 0.2) is 46.9 Å². The van der Waals surface area contributed by atoms with E-state index in [1.807, 2.05) is 12.1 Å². The lowest BCUT2D eigenvalue weighted by atomic mass is 10.1. The molecule has 0 radical (unpaired) electrons. The fourth-order valence-corrected chi connectivity index (χ4v) is 2.89. The van der Waals surface area contributed by atoms with Crippen LogP contribution in [-0.4, -0.2) is 13.6 Å². The number of anilines is 1. The Labute approximate surface area is 133 Å². The van der Waals surface area contributed by atoms with E-state index in [2.05, 4.69) is 58.2 Å². The van der Waals surface area contributed by atoms with Gasteiger partial charge in [0.15, 0.2) is 0 Å². The molecule has 0 saturated heterocycles. The molecule has 2 aromatic carbocycles.